The van der Waals surface area contributed by atoms with Gasteiger partial charge >= 0.3 is 0 Å². The maximum Gasteiger partial charge on any atom is 0.0641 e. The lowest BCUT2D eigenvalue weighted by Crippen LogP contribution is -1.98. The average molecular weight is 307 g/mol. The first kappa shape index (κ1) is 13.0. The van der Waals surface area contributed by atoms with E-state index in [1.807, 2.05) is 30.5 Å². The number of halogens is 3. The maximum atomic E-state index is 6.13. The summed E-state index contributed by atoms with van der Waals surface area (Å²) in [6, 6.07) is 5.63. The number of aryl methyl sites for hydroxylation is 1. The molecule has 0 aliphatic heterocycles. The third kappa shape index (κ3) is 3.29. The zero-order valence-electron chi connectivity index (χ0n) is 9.06. The molecule has 0 aliphatic carbocycles. The Kier molecular flexibility index (Phi) is 4.21. The minimum Gasteiger partial charge on any atom is -0.379 e. The Morgan fingerprint density at radius 2 is 1.88 bits per heavy atom. The van der Waals surface area contributed by atoms with Gasteiger partial charge in [-0.25, -0.2) is 0 Å². The van der Waals surface area contributed by atoms with Gasteiger partial charge in [-0.1, -0.05) is 34.8 Å². The van der Waals surface area contributed by atoms with Crippen LogP contribution in [0.1, 0.15) is 10.4 Å². The van der Waals surface area contributed by atoms with Crippen molar-refractivity contribution in [3.05, 3.63) is 49.1 Å². The molecule has 0 amide bonds. The van der Waals surface area contributed by atoms with E-state index in [1.54, 1.807) is 11.3 Å². The first-order valence-corrected chi connectivity index (χ1v) is 7.00. The molecule has 1 N–H and O–H groups in total. The highest BCUT2D eigenvalue weighted by atomic mass is 35.5. The first-order valence-electron chi connectivity index (χ1n) is 4.98. The van der Waals surface area contributed by atoms with Crippen molar-refractivity contribution in [3.63, 3.8) is 0 Å². The molecule has 5 heteroatoms. The van der Waals surface area contributed by atoms with Gasteiger partial charge in [0.2, 0.25) is 0 Å². The summed E-state index contributed by atoms with van der Waals surface area (Å²) in [5.74, 6) is 0. The molecular weight excluding hydrogens is 297 g/mol. The predicted octanol–water partition coefficient (Wildman–Crippen LogP) is 5.63. The van der Waals surface area contributed by atoms with Gasteiger partial charge in [-0.05, 0) is 30.7 Å². The Balaban J connectivity index is 2.11. The lowest BCUT2D eigenvalue weighted by Gasteiger charge is -2.09. The van der Waals surface area contributed by atoms with E-state index in [0.717, 1.165) is 21.2 Å². The molecule has 2 aromatic rings. The third-order valence-electron chi connectivity index (χ3n) is 2.32. The molecule has 1 nitrogen and oxygen atoms in total. The van der Waals surface area contributed by atoms with E-state index < -0.39 is 0 Å². The zero-order chi connectivity index (χ0) is 12.4. The molecule has 0 radical (unpaired) electrons. The summed E-state index contributed by atoms with van der Waals surface area (Å²) >= 11 is 19.7. The van der Waals surface area contributed by atoms with E-state index in [0.29, 0.717) is 16.6 Å². The van der Waals surface area contributed by atoms with E-state index in [-0.39, 0.29) is 0 Å². The molecule has 1 aromatic carbocycles. The Hall–Kier alpha value is -0.410. The number of anilines is 1. The highest BCUT2D eigenvalue weighted by Gasteiger charge is 2.05. The van der Waals surface area contributed by atoms with Gasteiger partial charge in [-0.3, -0.25) is 0 Å². The maximum absolute atomic E-state index is 6.13. The van der Waals surface area contributed by atoms with Gasteiger partial charge in [0.25, 0.3) is 0 Å². The second kappa shape index (κ2) is 5.49. The van der Waals surface area contributed by atoms with Crippen LogP contribution in [0.15, 0.2) is 23.6 Å². The average Bonchev–Trinajstić information content (AvgIpc) is 2.68. The Bertz CT molecular complexity index is 537. The summed E-state index contributed by atoms with van der Waals surface area (Å²) in [6.07, 6.45) is 0. The van der Waals surface area contributed by atoms with Crippen LogP contribution in [0.2, 0.25) is 15.1 Å². The molecule has 0 saturated carbocycles. The fourth-order valence-corrected chi connectivity index (χ4v) is 2.87. The molecule has 1 heterocycles. The van der Waals surface area contributed by atoms with Crippen molar-refractivity contribution in [2.75, 3.05) is 5.32 Å². The normalized spacial score (nSPS) is 10.6. The minimum absolute atomic E-state index is 0.676. The van der Waals surface area contributed by atoms with E-state index >= 15 is 0 Å². The molecule has 0 aliphatic rings. The van der Waals surface area contributed by atoms with Crippen LogP contribution in [-0.2, 0) is 6.54 Å². The second-order valence-electron chi connectivity index (χ2n) is 3.67. The Labute approximate surface area is 119 Å². The summed E-state index contributed by atoms with van der Waals surface area (Å²) in [5.41, 5.74) is 1.81. The quantitative estimate of drug-likeness (QED) is 0.775. The Morgan fingerprint density at radius 1 is 1.12 bits per heavy atom. The third-order valence-corrected chi connectivity index (χ3v) is 4.33. The van der Waals surface area contributed by atoms with E-state index in [1.165, 1.54) is 0 Å². The van der Waals surface area contributed by atoms with Crippen molar-refractivity contribution in [1.82, 2.24) is 0 Å². The van der Waals surface area contributed by atoms with Crippen LogP contribution in [0.4, 0.5) is 5.69 Å². The van der Waals surface area contributed by atoms with Crippen molar-refractivity contribution >= 4 is 51.8 Å². The fraction of sp³-hybridized carbons (Fsp3) is 0.167. The monoisotopic (exact) mass is 305 g/mol. The van der Waals surface area contributed by atoms with Crippen LogP contribution in [0.3, 0.4) is 0 Å². The number of thiophene rings is 1. The van der Waals surface area contributed by atoms with E-state index in [2.05, 4.69) is 5.32 Å². The van der Waals surface area contributed by atoms with Crippen LogP contribution in [0, 0.1) is 6.92 Å². The molecule has 2 rings (SSSR count). The molecular formula is C12H10Cl3NS. The lowest BCUT2D eigenvalue weighted by molar-refractivity contribution is 1.19. The van der Waals surface area contributed by atoms with Crippen LogP contribution >= 0.6 is 46.1 Å². The highest BCUT2D eigenvalue weighted by Crippen LogP contribution is 2.29. The van der Waals surface area contributed by atoms with Crippen molar-refractivity contribution in [3.8, 4) is 0 Å². The standard InChI is InChI=1S/C12H10Cl3NS/c1-7-2-11(15)12(4-10(7)14)16-5-9-3-8(13)6-17-9/h2-4,6,16H,5H2,1H3. The smallest absolute Gasteiger partial charge is 0.0641 e. The molecule has 0 atom stereocenters. The summed E-state index contributed by atoms with van der Waals surface area (Å²) in [6.45, 7) is 2.62. The molecule has 1 aromatic heterocycles. The number of rotatable bonds is 3. The Morgan fingerprint density at radius 3 is 2.53 bits per heavy atom. The second-order valence-corrected chi connectivity index (χ2v) is 5.91. The number of benzene rings is 1. The molecule has 0 fully saturated rings. The summed E-state index contributed by atoms with van der Waals surface area (Å²) in [7, 11) is 0. The summed E-state index contributed by atoms with van der Waals surface area (Å²) in [5, 5.41) is 7.30. The largest absolute Gasteiger partial charge is 0.379 e. The van der Waals surface area contributed by atoms with Crippen molar-refractivity contribution < 1.29 is 0 Å². The van der Waals surface area contributed by atoms with Crippen LogP contribution < -0.4 is 5.32 Å². The molecule has 0 unspecified atom stereocenters. The lowest BCUT2D eigenvalue weighted by atomic mass is 10.2. The number of hydrogen-bond acceptors (Lipinski definition) is 2. The highest BCUT2D eigenvalue weighted by molar-refractivity contribution is 7.10. The minimum atomic E-state index is 0.676. The molecule has 17 heavy (non-hydrogen) atoms. The van der Waals surface area contributed by atoms with Gasteiger partial charge in [0.15, 0.2) is 0 Å². The topological polar surface area (TPSA) is 12.0 Å². The summed E-state index contributed by atoms with van der Waals surface area (Å²) in [4.78, 5) is 1.16. The van der Waals surface area contributed by atoms with Gasteiger partial charge in [0.05, 0.1) is 15.7 Å². The predicted molar refractivity (Wildman–Crippen MR) is 77.9 cm³/mol. The van der Waals surface area contributed by atoms with E-state index in [9.17, 15) is 0 Å². The van der Waals surface area contributed by atoms with Crippen molar-refractivity contribution in [1.29, 1.82) is 0 Å². The van der Waals surface area contributed by atoms with Crippen LogP contribution in [0.25, 0.3) is 0 Å². The molecule has 0 spiro atoms. The fourth-order valence-electron chi connectivity index (χ4n) is 1.41. The molecule has 90 valence electrons. The number of hydrogen-bond donors (Lipinski definition) is 1. The SMILES string of the molecule is Cc1cc(Cl)c(NCc2cc(Cl)cs2)cc1Cl. The van der Waals surface area contributed by atoms with Gasteiger partial charge in [0.1, 0.15) is 0 Å². The molecule has 0 bridgehead atoms. The van der Waals surface area contributed by atoms with Crippen LogP contribution in [0.5, 0.6) is 0 Å². The van der Waals surface area contributed by atoms with Gasteiger partial charge in [-0.15, -0.1) is 11.3 Å². The van der Waals surface area contributed by atoms with Crippen molar-refractivity contribution in [2.24, 2.45) is 0 Å². The number of nitrogens with one attached hydrogen (secondary N) is 1. The van der Waals surface area contributed by atoms with Crippen molar-refractivity contribution in [2.45, 2.75) is 13.5 Å². The zero-order valence-corrected chi connectivity index (χ0v) is 12.1. The van der Waals surface area contributed by atoms with E-state index in [4.69, 9.17) is 34.8 Å². The molecule has 0 saturated heterocycles. The van der Waals surface area contributed by atoms with Gasteiger partial charge < -0.3 is 5.32 Å². The summed E-state index contributed by atoms with van der Waals surface area (Å²) < 4.78 is 0. The van der Waals surface area contributed by atoms with Gasteiger partial charge in [0, 0.05) is 21.8 Å². The van der Waals surface area contributed by atoms with Crippen LogP contribution in [-0.4, -0.2) is 0 Å². The van der Waals surface area contributed by atoms with Gasteiger partial charge in [-0.2, -0.15) is 0 Å². The first-order chi connectivity index (χ1) is 8.06.